The molecular weight excluding hydrogens is 298 g/mol. The molecule has 0 aliphatic rings. The fourth-order valence-corrected chi connectivity index (χ4v) is 2.90. The summed E-state index contributed by atoms with van der Waals surface area (Å²) >= 11 is 0. The van der Waals surface area contributed by atoms with E-state index in [1.165, 1.54) is 57.8 Å². The Morgan fingerprint density at radius 1 is 0.833 bits per heavy atom. The van der Waals surface area contributed by atoms with Gasteiger partial charge in [0.05, 0.1) is 0 Å². The molecular formula is C20H43N3O. The number of carbonyl (C=O) groups excluding carboxylic acids is 1. The molecule has 1 amide bonds. The average Bonchev–Trinajstić information content (AvgIpc) is 2.56. The molecule has 0 rings (SSSR count). The van der Waals surface area contributed by atoms with E-state index in [0.717, 1.165) is 32.5 Å². The second-order valence-electron chi connectivity index (χ2n) is 7.04. The van der Waals surface area contributed by atoms with E-state index in [0.29, 0.717) is 12.5 Å². The Balaban J connectivity index is 3.32. The van der Waals surface area contributed by atoms with Crippen LogP contribution in [0.5, 0.6) is 0 Å². The summed E-state index contributed by atoms with van der Waals surface area (Å²) in [4.78, 5) is 11.8. The van der Waals surface area contributed by atoms with Crippen molar-refractivity contribution in [3.05, 3.63) is 0 Å². The highest BCUT2D eigenvalue weighted by molar-refractivity contribution is 5.76. The molecule has 1 atom stereocenters. The molecule has 0 fully saturated rings. The summed E-state index contributed by atoms with van der Waals surface area (Å²) in [7, 11) is 1.96. The molecule has 0 spiro atoms. The van der Waals surface area contributed by atoms with Crippen molar-refractivity contribution < 1.29 is 4.79 Å². The monoisotopic (exact) mass is 341 g/mol. The Labute approximate surface area is 150 Å². The number of hydrogen-bond donors (Lipinski definition) is 3. The summed E-state index contributed by atoms with van der Waals surface area (Å²) in [6.45, 7) is 7.17. The Hall–Kier alpha value is -0.610. The maximum Gasteiger partial charge on any atom is 0.221 e. The zero-order valence-corrected chi connectivity index (χ0v) is 16.6. The summed E-state index contributed by atoms with van der Waals surface area (Å²) in [5.74, 6) is 0.180. The molecule has 0 radical (unpaired) electrons. The van der Waals surface area contributed by atoms with Gasteiger partial charge in [0.15, 0.2) is 0 Å². The van der Waals surface area contributed by atoms with Gasteiger partial charge in [-0.25, -0.2) is 0 Å². The van der Waals surface area contributed by atoms with E-state index >= 15 is 0 Å². The van der Waals surface area contributed by atoms with Gasteiger partial charge in [0.1, 0.15) is 0 Å². The molecule has 0 aromatic carbocycles. The van der Waals surface area contributed by atoms with Crippen LogP contribution in [-0.4, -0.2) is 38.6 Å². The van der Waals surface area contributed by atoms with Crippen LogP contribution < -0.4 is 16.0 Å². The Kier molecular flexibility index (Phi) is 18.2. The first-order valence-corrected chi connectivity index (χ1v) is 10.3. The van der Waals surface area contributed by atoms with Crippen LogP contribution in [0.1, 0.15) is 90.9 Å². The van der Waals surface area contributed by atoms with Crippen LogP contribution in [0.2, 0.25) is 0 Å². The number of nitrogens with one attached hydrogen (secondary N) is 3. The zero-order valence-electron chi connectivity index (χ0n) is 16.6. The minimum Gasteiger partial charge on any atom is -0.354 e. The van der Waals surface area contributed by atoms with Gasteiger partial charge in [0.2, 0.25) is 5.91 Å². The van der Waals surface area contributed by atoms with Gasteiger partial charge < -0.3 is 16.0 Å². The first-order valence-electron chi connectivity index (χ1n) is 10.3. The molecule has 0 saturated heterocycles. The summed E-state index contributed by atoms with van der Waals surface area (Å²) < 4.78 is 0. The molecule has 1 unspecified atom stereocenters. The van der Waals surface area contributed by atoms with E-state index in [1.807, 2.05) is 7.05 Å². The number of hydrogen-bond acceptors (Lipinski definition) is 3. The topological polar surface area (TPSA) is 53.2 Å². The third kappa shape index (κ3) is 17.7. The number of unbranched alkanes of at least 4 members (excludes halogenated alkanes) is 8. The third-order valence-electron chi connectivity index (χ3n) is 4.46. The lowest BCUT2D eigenvalue weighted by atomic mass is 10.0. The van der Waals surface area contributed by atoms with Crippen molar-refractivity contribution in [3.8, 4) is 0 Å². The van der Waals surface area contributed by atoms with Gasteiger partial charge in [0, 0.05) is 19.0 Å². The second kappa shape index (κ2) is 18.7. The fourth-order valence-electron chi connectivity index (χ4n) is 2.90. The van der Waals surface area contributed by atoms with Crippen molar-refractivity contribution in [2.45, 2.75) is 96.9 Å². The van der Waals surface area contributed by atoms with Gasteiger partial charge in [-0.2, -0.15) is 0 Å². The van der Waals surface area contributed by atoms with Gasteiger partial charge in [-0.3, -0.25) is 4.79 Å². The van der Waals surface area contributed by atoms with Gasteiger partial charge >= 0.3 is 0 Å². The Morgan fingerprint density at radius 3 is 2.08 bits per heavy atom. The molecule has 3 N–H and O–H groups in total. The van der Waals surface area contributed by atoms with E-state index in [4.69, 9.17) is 0 Å². The first-order chi connectivity index (χ1) is 11.7. The van der Waals surface area contributed by atoms with Crippen LogP contribution in [-0.2, 0) is 4.79 Å². The van der Waals surface area contributed by atoms with Crippen LogP contribution in [0.25, 0.3) is 0 Å². The van der Waals surface area contributed by atoms with Crippen LogP contribution >= 0.6 is 0 Å². The van der Waals surface area contributed by atoms with Crippen LogP contribution in [0.4, 0.5) is 0 Å². The van der Waals surface area contributed by atoms with Gasteiger partial charge in [-0.05, 0) is 39.9 Å². The summed E-state index contributed by atoms with van der Waals surface area (Å²) in [5, 5.41) is 9.54. The molecule has 0 aliphatic heterocycles. The molecule has 24 heavy (non-hydrogen) atoms. The highest BCUT2D eigenvalue weighted by Gasteiger charge is 2.06. The number of rotatable bonds is 18. The van der Waals surface area contributed by atoms with E-state index in [1.54, 1.807) is 0 Å². The molecule has 0 heterocycles. The minimum atomic E-state index is 0.180. The largest absolute Gasteiger partial charge is 0.354 e. The van der Waals surface area contributed by atoms with E-state index in [2.05, 4.69) is 29.8 Å². The predicted molar refractivity (Wildman–Crippen MR) is 105 cm³/mol. The standard InChI is InChI=1S/C20H43N3O/c1-4-5-6-7-8-9-10-11-12-14-19(2)23-20(24)15-18-22-17-13-16-21-3/h19,21-22H,4-18H2,1-3H3,(H,23,24). The van der Waals surface area contributed by atoms with Crippen LogP contribution in [0.15, 0.2) is 0 Å². The smallest absolute Gasteiger partial charge is 0.221 e. The van der Waals surface area contributed by atoms with Crippen molar-refractivity contribution in [2.24, 2.45) is 0 Å². The van der Waals surface area contributed by atoms with E-state index in [-0.39, 0.29) is 5.91 Å². The second-order valence-corrected chi connectivity index (χ2v) is 7.04. The summed E-state index contributed by atoms with van der Waals surface area (Å²) in [6.07, 6.45) is 15.0. The lowest BCUT2D eigenvalue weighted by molar-refractivity contribution is -0.121. The summed E-state index contributed by atoms with van der Waals surface area (Å²) in [6, 6.07) is 0.311. The predicted octanol–water partition coefficient (Wildman–Crippen LogP) is 4.00. The molecule has 0 bridgehead atoms. The van der Waals surface area contributed by atoms with E-state index < -0.39 is 0 Å². The highest BCUT2D eigenvalue weighted by atomic mass is 16.1. The zero-order chi connectivity index (χ0) is 17.9. The fraction of sp³-hybridized carbons (Fsp3) is 0.950. The minimum absolute atomic E-state index is 0.180. The lowest BCUT2D eigenvalue weighted by Crippen LogP contribution is -2.34. The lowest BCUT2D eigenvalue weighted by Gasteiger charge is -2.14. The van der Waals surface area contributed by atoms with E-state index in [9.17, 15) is 4.79 Å². The molecule has 4 nitrogen and oxygen atoms in total. The van der Waals surface area contributed by atoms with Gasteiger partial charge in [-0.15, -0.1) is 0 Å². The third-order valence-corrected chi connectivity index (χ3v) is 4.46. The van der Waals surface area contributed by atoms with Gasteiger partial charge in [-0.1, -0.05) is 64.7 Å². The maximum atomic E-state index is 11.8. The van der Waals surface area contributed by atoms with Crippen molar-refractivity contribution in [3.63, 3.8) is 0 Å². The van der Waals surface area contributed by atoms with Crippen LogP contribution in [0.3, 0.4) is 0 Å². The van der Waals surface area contributed by atoms with Crippen molar-refractivity contribution in [1.29, 1.82) is 0 Å². The first kappa shape index (κ1) is 23.4. The van der Waals surface area contributed by atoms with Crippen LogP contribution in [0, 0.1) is 0 Å². The molecule has 0 aromatic heterocycles. The quantitative estimate of drug-likeness (QED) is 0.330. The van der Waals surface area contributed by atoms with Crippen molar-refractivity contribution >= 4 is 5.91 Å². The Morgan fingerprint density at radius 2 is 1.46 bits per heavy atom. The summed E-state index contributed by atoms with van der Waals surface area (Å²) in [5.41, 5.74) is 0. The maximum absolute atomic E-state index is 11.8. The normalized spacial score (nSPS) is 12.3. The molecule has 144 valence electrons. The number of amides is 1. The van der Waals surface area contributed by atoms with Crippen molar-refractivity contribution in [2.75, 3.05) is 26.7 Å². The Bertz CT molecular complexity index is 272. The SMILES string of the molecule is CCCCCCCCCCCC(C)NC(=O)CCNCCCNC. The molecule has 0 aromatic rings. The molecule has 4 heteroatoms. The van der Waals surface area contributed by atoms with Crippen molar-refractivity contribution in [1.82, 2.24) is 16.0 Å². The highest BCUT2D eigenvalue weighted by Crippen LogP contribution is 2.11. The molecule has 0 aliphatic carbocycles. The average molecular weight is 342 g/mol. The number of carbonyl (C=O) groups is 1. The van der Waals surface area contributed by atoms with Gasteiger partial charge in [0.25, 0.3) is 0 Å². The molecule has 0 saturated carbocycles.